The topological polar surface area (TPSA) is 82.1 Å². The van der Waals surface area contributed by atoms with Crippen molar-refractivity contribution in [1.29, 1.82) is 0 Å². The molecular weight excluding hydrogens is 414 g/mol. The van der Waals surface area contributed by atoms with Crippen LogP contribution < -0.4 is 0 Å². The van der Waals surface area contributed by atoms with Gasteiger partial charge in [-0.1, -0.05) is 30.3 Å². The first-order valence-electron chi connectivity index (χ1n) is 9.59. The predicted octanol–water partition coefficient (Wildman–Crippen LogP) is 3.12. The summed E-state index contributed by atoms with van der Waals surface area (Å²) in [7, 11) is -3.91. The van der Waals surface area contributed by atoms with E-state index in [1.165, 1.54) is 4.31 Å². The molecule has 7 nitrogen and oxygen atoms in total. The third-order valence-electron chi connectivity index (χ3n) is 5.19. The second-order valence-corrected chi connectivity index (χ2v) is 9.66. The van der Waals surface area contributed by atoms with Gasteiger partial charge in [0.25, 0.3) is 0 Å². The van der Waals surface area contributed by atoms with Gasteiger partial charge in [-0.05, 0) is 12.5 Å². The van der Waals surface area contributed by atoms with Gasteiger partial charge in [0, 0.05) is 36.9 Å². The first kappa shape index (κ1) is 20.5. The molecule has 0 saturated carbocycles. The molecule has 0 atom stereocenters. The van der Waals surface area contributed by atoms with Gasteiger partial charge in [-0.15, -0.1) is 11.3 Å². The third kappa shape index (κ3) is 3.85. The molecule has 0 amide bonds. The Bertz CT molecular complexity index is 970. The Morgan fingerprint density at radius 2 is 1.83 bits per heavy atom. The van der Waals surface area contributed by atoms with Crippen LogP contribution in [0, 0.1) is 0 Å². The normalized spacial score (nSPS) is 19.5. The number of carbonyl (C=O) groups excluding carboxylic acids is 1. The molecule has 2 saturated heterocycles. The van der Waals surface area contributed by atoms with E-state index in [-0.39, 0.29) is 29.5 Å². The summed E-state index contributed by atoms with van der Waals surface area (Å²) in [5.41, 5.74) is 1.26. The van der Waals surface area contributed by atoms with E-state index < -0.39 is 21.8 Å². The van der Waals surface area contributed by atoms with Gasteiger partial charge in [0.15, 0.2) is 5.79 Å². The number of hydrogen-bond donors (Lipinski definition) is 0. The van der Waals surface area contributed by atoms with Crippen LogP contribution in [0.5, 0.6) is 0 Å². The summed E-state index contributed by atoms with van der Waals surface area (Å²) < 4.78 is 45.2. The summed E-state index contributed by atoms with van der Waals surface area (Å²) in [4.78, 5) is 12.6. The van der Waals surface area contributed by atoms with Gasteiger partial charge in [-0.25, -0.2) is 13.2 Å². The molecule has 1 aromatic heterocycles. The van der Waals surface area contributed by atoms with Gasteiger partial charge in [0.1, 0.15) is 9.77 Å². The molecule has 9 heteroatoms. The average Bonchev–Trinajstić information content (AvgIpc) is 3.37. The van der Waals surface area contributed by atoms with Crippen molar-refractivity contribution in [2.75, 3.05) is 32.9 Å². The zero-order valence-electron chi connectivity index (χ0n) is 16.1. The number of nitrogens with zero attached hydrogens (tertiary/aromatic N) is 1. The molecule has 1 aromatic carbocycles. The van der Waals surface area contributed by atoms with Crippen molar-refractivity contribution in [2.24, 2.45) is 0 Å². The lowest BCUT2D eigenvalue weighted by molar-refractivity contribution is -0.179. The van der Waals surface area contributed by atoms with Crippen LogP contribution in [0.25, 0.3) is 11.1 Å². The number of thiophene rings is 1. The van der Waals surface area contributed by atoms with Gasteiger partial charge < -0.3 is 14.2 Å². The molecule has 1 spiro atoms. The van der Waals surface area contributed by atoms with Crippen molar-refractivity contribution in [3.05, 3.63) is 40.6 Å². The number of piperidine rings is 1. The predicted molar refractivity (Wildman–Crippen MR) is 108 cm³/mol. The van der Waals surface area contributed by atoms with Crippen LogP contribution in [0.1, 0.15) is 29.4 Å². The van der Waals surface area contributed by atoms with Crippen molar-refractivity contribution in [3.8, 4) is 11.1 Å². The van der Waals surface area contributed by atoms with E-state index in [0.717, 1.165) is 16.9 Å². The number of rotatable bonds is 5. The maximum absolute atomic E-state index is 13.6. The summed E-state index contributed by atoms with van der Waals surface area (Å²) >= 11 is 1.10. The molecule has 2 aliphatic rings. The van der Waals surface area contributed by atoms with Gasteiger partial charge in [0.2, 0.25) is 10.0 Å². The molecule has 2 aromatic rings. The molecule has 29 heavy (non-hydrogen) atoms. The van der Waals surface area contributed by atoms with Gasteiger partial charge in [-0.2, -0.15) is 4.31 Å². The second-order valence-electron chi connectivity index (χ2n) is 6.91. The molecule has 0 aliphatic carbocycles. The van der Waals surface area contributed by atoms with Crippen LogP contribution in [-0.4, -0.2) is 57.4 Å². The van der Waals surface area contributed by atoms with Crippen LogP contribution in [0.4, 0.5) is 0 Å². The van der Waals surface area contributed by atoms with Crippen molar-refractivity contribution in [3.63, 3.8) is 0 Å². The molecule has 2 fully saturated rings. The van der Waals surface area contributed by atoms with E-state index >= 15 is 0 Å². The summed E-state index contributed by atoms with van der Waals surface area (Å²) in [6, 6.07) is 9.21. The molecule has 0 N–H and O–H groups in total. The van der Waals surface area contributed by atoms with Crippen molar-refractivity contribution in [2.45, 2.75) is 30.4 Å². The zero-order valence-corrected chi connectivity index (χ0v) is 17.8. The van der Waals surface area contributed by atoms with Gasteiger partial charge >= 0.3 is 5.97 Å². The van der Waals surface area contributed by atoms with Crippen LogP contribution in [-0.2, 0) is 24.2 Å². The molecular formula is C20H23NO6S2. The lowest BCUT2D eigenvalue weighted by Gasteiger charge is -2.36. The lowest BCUT2D eigenvalue weighted by atomic mass is 10.1. The SMILES string of the molecule is CCOC(=O)c1scc(-c2ccccc2)c1S(=O)(=O)N1CCC2(CC1)OCCO2. The summed E-state index contributed by atoms with van der Waals surface area (Å²) in [5, 5.41) is 1.71. The maximum Gasteiger partial charge on any atom is 0.349 e. The van der Waals surface area contributed by atoms with E-state index in [2.05, 4.69) is 0 Å². The highest BCUT2D eigenvalue weighted by Crippen LogP contribution is 2.40. The highest BCUT2D eigenvalue weighted by atomic mass is 32.2. The van der Waals surface area contributed by atoms with Crippen LogP contribution in [0.2, 0.25) is 0 Å². The number of sulfonamides is 1. The Balaban J connectivity index is 1.71. The van der Waals surface area contributed by atoms with Crippen molar-refractivity contribution < 1.29 is 27.4 Å². The number of hydrogen-bond acceptors (Lipinski definition) is 7. The molecule has 0 bridgehead atoms. The molecule has 156 valence electrons. The van der Waals surface area contributed by atoms with E-state index in [9.17, 15) is 13.2 Å². The summed E-state index contributed by atoms with van der Waals surface area (Å²) in [5.74, 6) is -1.29. The maximum atomic E-state index is 13.6. The van der Waals surface area contributed by atoms with Crippen molar-refractivity contribution >= 4 is 27.3 Å². The quantitative estimate of drug-likeness (QED) is 0.669. The fourth-order valence-corrected chi connectivity index (χ4v) is 6.83. The van der Waals surface area contributed by atoms with Crippen molar-refractivity contribution in [1.82, 2.24) is 4.31 Å². The number of esters is 1. The fraction of sp³-hybridized carbons (Fsp3) is 0.450. The Kier molecular flexibility index (Phi) is 5.76. The number of ether oxygens (including phenoxy) is 3. The lowest BCUT2D eigenvalue weighted by Crippen LogP contribution is -2.47. The van der Waals surface area contributed by atoms with E-state index in [1.807, 2.05) is 30.3 Å². The molecule has 3 heterocycles. The number of benzene rings is 1. The monoisotopic (exact) mass is 437 g/mol. The van der Waals surface area contributed by atoms with Gasteiger partial charge in [0.05, 0.1) is 19.8 Å². The van der Waals surface area contributed by atoms with E-state index in [1.54, 1.807) is 12.3 Å². The smallest absolute Gasteiger partial charge is 0.349 e. The van der Waals surface area contributed by atoms with Crippen LogP contribution in [0.15, 0.2) is 40.6 Å². The average molecular weight is 438 g/mol. The largest absolute Gasteiger partial charge is 0.462 e. The van der Waals surface area contributed by atoms with E-state index in [0.29, 0.717) is 31.6 Å². The standard InChI is InChI=1S/C20H23NO6S2/c1-2-25-19(22)17-18(16(14-28-17)15-6-4-3-5-7-15)29(23,24)21-10-8-20(9-11-21)26-12-13-27-20/h3-7,14H,2,8-13H2,1H3. The highest BCUT2D eigenvalue weighted by Gasteiger charge is 2.44. The second kappa shape index (κ2) is 8.16. The zero-order chi connectivity index (χ0) is 20.5. The minimum absolute atomic E-state index is 0.0244. The third-order valence-corrected chi connectivity index (χ3v) is 8.26. The Labute approximate surface area is 174 Å². The minimum atomic E-state index is -3.91. The first-order valence-corrected chi connectivity index (χ1v) is 11.9. The number of carbonyl (C=O) groups is 1. The Morgan fingerprint density at radius 3 is 2.45 bits per heavy atom. The summed E-state index contributed by atoms with van der Waals surface area (Å²) in [6.07, 6.45) is 0.928. The summed E-state index contributed by atoms with van der Waals surface area (Å²) in [6.45, 7) is 3.48. The van der Waals surface area contributed by atoms with Crippen LogP contribution in [0.3, 0.4) is 0 Å². The first-order chi connectivity index (χ1) is 14.0. The van der Waals surface area contributed by atoms with Gasteiger partial charge in [-0.3, -0.25) is 0 Å². The Morgan fingerprint density at radius 1 is 1.17 bits per heavy atom. The van der Waals surface area contributed by atoms with E-state index in [4.69, 9.17) is 14.2 Å². The molecule has 2 aliphatic heterocycles. The molecule has 0 radical (unpaired) electrons. The fourth-order valence-electron chi connectivity index (χ4n) is 3.74. The highest BCUT2D eigenvalue weighted by molar-refractivity contribution is 7.89. The van der Waals surface area contributed by atoms with Crippen LogP contribution >= 0.6 is 11.3 Å². The minimum Gasteiger partial charge on any atom is -0.462 e. The Hall–Kier alpha value is -1.78. The molecule has 4 rings (SSSR count). The molecule has 0 unspecified atom stereocenters.